The van der Waals surface area contributed by atoms with Crippen molar-refractivity contribution in [3.05, 3.63) is 65.9 Å². The van der Waals surface area contributed by atoms with Gasteiger partial charge in [0.15, 0.2) is 16.7 Å². The van der Waals surface area contributed by atoms with Crippen molar-refractivity contribution in [1.82, 2.24) is 9.88 Å². The first-order valence-electron chi connectivity index (χ1n) is 13.2. The van der Waals surface area contributed by atoms with E-state index in [9.17, 15) is 4.79 Å². The van der Waals surface area contributed by atoms with Crippen molar-refractivity contribution in [3.8, 4) is 17.2 Å². The summed E-state index contributed by atoms with van der Waals surface area (Å²) < 4.78 is 11.9. The number of aromatic nitrogens is 1. The highest BCUT2D eigenvalue weighted by Gasteiger charge is 2.31. The van der Waals surface area contributed by atoms with Crippen LogP contribution in [0, 0.1) is 19.8 Å². The van der Waals surface area contributed by atoms with Crippen LogP contribution in [0.1, 0.15) is 30.9 Å². The van der Waals surface area contributed by atoms with Gasteiger partial charge in [0, 0.05) is 47.8 Å². The molecule has 0 saturated carbocycles. The molecule has 0 radical (unpaired) electrons. The molecule has 0 spiro atoms. The topological polar surface area (TPSA) is 76.0 Å². The number of aliphatic imine (C=N–C) groups is 1. The molecule has 1 aromatic heterocycles. The summed E-state index contributed by atoms with van der Waals surface area (Å²) in [6.45, 7) is 7.40. The van der Waals surface area contributed by atoms with Crippen molar-refractivity contribution >= 4 is 40.4 Å². The van der Waals surface area contributed by atoms with Crippen molar-refractivity contribution in [2.45, 2.75) is 49.4 Å². The molecule has 0 aliphatic carbocycles. The number of thioether (sulfide) groups is 1. The van der Waals surface area contributed by atoms with E-state index in [0.29, 0.717) is 17.5 Å². The summed E-state index contributed by atoms with van der Waals surface area (Å²) in [5, 5.41) is 4.32. The fraction of sp³-hybridized carbons (Fsp3) is 0.367. The second-order valence-corrected chi connectivity index (χ2v) is 12.1. The van der Waals surface area contributed by atoms with E-state index in [0.717, 1.165) is 69.3 Å². The maximum absolute atomic E-state index is 11.7. The minimum Gasteiger partial charge on any atom is -0.497 e. The van der Waals surface area contributed by atoms with Crippen LogP contribution in [-0.4, -0.2) is 53.0 Å². The van der Waals surface area contributed by atoms with Gasteiger partial charge >= 0.3 is 0 Å². The van der Waals surface area contributed by atoms with Gasteiger partial charge in [0.05, 0.1) is 13.2 Å². The zero-order chi connectivity index (χ0) is 27.4. The minimum atomic E-state index is 0.163. The Bertz CT molecular complexity index is 1350. The van der Waals surface area contributed by atoms with E-state index in [4.69, 9.17) is 19.5 Å². The summed E-state index contributed by atoms with van der Waals surface area (Å²) in [6, 6.07) is 16.4. The molecule has 2 aliphatic heterocycles. The Morgan fingerprint density at radius 1 is 1.08 bits per heavy atom. The number of amides is 1. The van der Waals surface area contributed by atoms with Crippen molar-refractivity contribution in [1.29, 1.82) is 0 Å². The number of likely N-dealkylation sites (tertiary alicyclic amines) is 1. The lowest BCUT2D eigenvalue weighted by Crippen LogP contribution is -2.39. The molecule has 1 fully saturated rings. The van der Waals surface area contributed by atoms with E-state index in [2.05, 4.69) is 37.4 Å². The first-order chi connectivity index (χ1) is 18.9. The molecule has 39 heavy (non-hydrogen) atoms. The van der Waals surface area contributed by atoms with Crippen LogP contribution >= 0.6 is 23.5 Å². The normalized spacial score (nSPS) is 17.6. The lowest BCUT2D eigenvalue weighted by molar-refractivity contribution is -0.130. The number of methoxy groups -OCH3 is 1. The van der Waals surface area contributed by atoms with Crippen LogP contribution < -0.4 is 14.8 Å². The number of para-hydroxylation sites is 1. The van der Waals surface area contributed by atoms with Crippen LogP contribution in [0.4, 0.5) is 5.82 Å². The molecule has 7 nitrogen and oxygen atoms in total. The zero-order valence-electron chi connectivity index (χ0n) is 22.8. The number of rotatable bonds is 7. The Kier molecular flexibility index (Phi) is 8.67. The van der Waals surface area contributed by atoms with Gasteiger partial charge in [-0.05, 0) is 61.9 Å². The first kappa shape index (κ1) is 27.4. The van der Waals surface area contributed by atoms with E-state index >= 15 is 0 Å². The molecule has 3 aromatic rings. The smallest absolute Gasteiger partial charge is 0.219 e. The summed E-state index contributed by atoms with van der Waals surface area (Å²) in [6.07, 6.45) is 3.85. The largest absolute Gasteiger partial charge is 0.497 e. The van der Waals surface area contributed by atoms with Crippen LogP contribution in [-0.2, 0) is 4.79 Å². The third kappa shape index (κ3) is 6.70. The van der Waals surface area contributed by atoms with Gasteiger partial charge in [0.2, 0.25) is 5.91 Å². The second kappa shape index (κ2) is 12.3. The Hall–Kier alpha value is -3.17. The quantitative estimate of drug-likeness (QED) is 0.340. The number of piperidine rings is 1. The fourth-order valence-corrected chi connectivity index (χ4v) is 6.84. The molecular weight excluding hydrogens is 528 g/mol. The number of nitrogens with one attached hydrogen (secondary N) is 1. The molecule has 5 rings (SSSR count). The Balaban J connectivity index is 1.37. The standard InChI is InChI=1S/C30H34N4O3S2/c1-19-7-5-8-20(2)28(19)37-27-16-25(39-24-10-6-9-23(15-24)36-4)17-31-29(27)33-30-32-26(18-38-30)22-11-13-34(14-12-22)21(3)35/h5-10,15-17,22,26H,11-14,18H2,1-4H3,(H,31,32,33). The fourth-order valence-electron chi connectivity index (χ4n) is 4.92. The second-order valence-electron chi connectivity index (χ2n) is 9.90. The molecule has 0 bridgehead atoms. The highest BCUT2D eigenvalue weighted by molar-refractivity contribution is 8.14. The van der Waals surface area contributed by atoms with Gasteiger partial charge in [0.25, 0.3) is 0 Å². The Morgan fingerprint density at radius 2 is 1.82 bits per heavy atom. The lowest BCUT2D eigenvalue weighted by atomic mass is 9.90. The monoisotopic (exact) mass is 562 g/mol. The SMILES string of the molecule is COc1cccc(Sc2cnc(NC3=NC(C4CCN(C(C)=O)CC4)CS3)c(Oc3c(C)cccc3C)c2)c1. The number of nitrogens with zero attached hydrogens (tertiary/aromatic N) is 3. The van der Waals surface area contributed by atoms with Crippen LogP contribution in [0.2, 0.25) is 0 Å². The number of benzene rings is 2. The number of pyridine rings is 1. The molecule has 3 heterocycles. The number of hydrogen-bond donors (Lipinski definition) is 1. The number of amidine groups is 1. The molecular formula is C30H34N4O3S2. The number of carbonyl (C=O) groups excluding carboxylic acids is 1. The van der Waals surface area contributed by atoms with Gasteiger partial charge in [-0.1, -0.05) is 47.8 Å². The predicted molar refractivity (Wildman–Crippen MR) is 160 cm³/mol. The van der Waals surface area contributed by atoms with E-state index in [-0.39, 0.29) is 11.9 Å². The summed E-state index contributed by atoms with van der Waals surface area (Å²) in [4.78, 5) is 25.5. The highest BCUT2D eigenvalue weighted by Crippen LogP contribution is 2.39. The van der Waals surface area contributed by atoms with Gasteiger partial charge in [-0.2, -0.15) is 0 Å². The van der Waals surface area contributed by atoms with Crippen molar-refractivity contribution in [2.24, 2.45) is 10.9 Å². The molecule has 1 N–H and O–H groups in total. The summed E-state index contributed by atoms with van der Waals surface area (Å²) in [5.74, 6) is 4.54. The maximum Gasteiger partial charge on any atom is 0.219 e. The first-order valence-corrected chi connectivity index (χ1v) is 15.0. The average molecular weight is 563 g/mol. The van der Waals surface area contributed by atoms with E-state index in [1.807, 2.05) is 41.4 Å². The van der Waals surface area contributed by atoms with E-state index in [1.54, 1.807) is 37.6 Å². The zero-order valence-corrected chi connectivity index (χ0v) is 24.4. The molecule has 204 valence electrons. The third-order valence-corrected chi connectivity index (χ3v) is 9.09. The Morgan fingerprint density at radius 3 is 2.54 bits per heavy atom. The van der Waals surface area contributed by atoms with E-state index in [1.165, 1.54) is 0 Å². The molecule has 2 aromatic carbocycles. The average Bonchev–Trinajstić information content (AvgIpc) is 3.41. The van der Waals surface area contributed by atoms with Crippen LogP contribution in [0.25, 0.3) is 0 Å². The molecule has 9 heteroatoms. The minimum absolute atomic E-state index is 0.163. The third-order valence-electron chi connectivity index (χ3n) is 7.15. The highest BCUT2D eigenvalue weighted by atomic mass is 32.2. The number of ether oxygens (including phenoxy) is 2. The van der Waals surface area contributed by atoms with Gasteiger partial charge in [-0.25, -0.2) is 4.98 Å². The van der Waals surface area contributed by atoms with Crippen LogP contribution in [0.5, 0.6) is 17.2 Å². The van der Waals surface area contributed by atoms with Gasteiger partial charge in [0.1, 0.15) is 11.5 Å². The lowest BCUT2D eigenvalue weighted by Gasteiger charge is -2.33. The number of aryl methyl sites for hydroxylation is 2. The Labute approximate surface area is 238 Å². The van der Waals surface area contributed by atoms with E-state index < -0.39 is 0 Å². The van der Waals surface area contributed by atoms with Gasteiger partial charge < -0.3 is 19.7 Å². The number of carbonyl (C=O) groups is 1. The summed E-state index contributed by atoms with van der Waals surface area (Å²) in [5.41, 5.74) is 2.13. The van der Waals surface area contributed by atoms with Crippen LogP contribution in [0.15, 0.2) is 69.5 Å². The molecule has 1 unspecified atom stereocenters. The number of anilines is 1. The van der Waals surface area contributed by atoms with Gasteiger partial charge in [-0.15, -0.1) is 0 Å². The molecule has 1 amide bonds. The summed E-state index contributed by atoms with van der Waals surface area (Å²) >= 11 is 3.33. The summed E-state index contributed by atoms with van der Waals surface area (Å²) in [7, 11) is 1.67. The van der Waals surface area contributed by atoms with Crippen LogP contribution in [0.3, 0.4) is 0 Å². The van der Waals surface area contributed by atoms with Crippen molar-refractivity contribution in [3.63, 3.8) is 0 Å². The number of hydrogen-bond acceptors (Lipinski definition) is 8. The maximum atomic E-state index is 11.7. The predicted octanol–water partition coefficient (Wildman–Crippen LogP) is 6.79. The van der Waals surface area contributed by atoms with Gasteiger partial charge in [-0.3, -0.25) is 9.79 Å². The molecule has 1 atom stereocenters. The van der Waals surface area contributed by atoms with Crippen molar-refractivity contribution < 1.29 is 14.3 Å². The van der Waals surface area contributed by atoms with Crippen molar-refractivity contribution in [2.75, 3.05) is 31.3 Å². The molecule has 1 saturated heterocycles. The molecule has 2 aliphatic rings.